The fraction of sp³-hybridized carbons (Fsp3) is 0.929. The van der Waals surface area contributed by atoms with Crippen molar-refractivity contribution in [2.24, 2.45) is 23.7 Å². The highest BCUT2D eigenvalue weighted by Crippen LogP contribution is 2.66. The summed E-state index contributed by atoms with van der Waals surface area (Å²) in [4.78, 5) is 12.3. The van der Waals surface area contributed by atoms with Crippen molar-refractivity contribution in [2.75, 3.05) is 6.61 Å². The molecule has 4 fully saturated rings. The van der Waals surface area contributed by atoms with Gasteiger partial charge < -0.3 is 9.47 Å². The summed E-state index contributed by atoms with van der Waals surface area (Å²) in [6.45, 7) is 2.72. The Morgan fingerprint density at radius 1 is 1.35 bits per heavy atom. The van der Waals surface area contributed by atoms with Crippen LogP contribution < -0.4 is 0 Å². The van der Waals surface area contributed by atoms with Gasteiger partial charge >= 0.3 is 0 Å². The Morgan fingerprint density at radius 3 is 3.06 bits per heavy atom. The summed E-state index contributed by atoms with van der Waals surface area (Å²) >= 11 is 0. The zero-order chi connectivity index (χ0) is 11.6. The molecule has 0 N–H and O–H groups in total. The van der Waals surface area contributed by atoms with Crippen LogP contribution in [0.5, 0.6) is 0 Å². The van der Waals surface area contributed by atoms with Crippen LogP contribution in [0.15, 0.2) is 0 Å². The van der Waals surface area contributed by atoms with E-state index in [1.807, 2.05) is 6.92 Å². The fourth-order valence-electron chi connectivity index (χ4n) is 5.29. The van der Waals surface area contributed by atoms with Crippen molar-refractivity contribution in [3.05, 3.63) is 0 Å². The zero-order valence-electron chi connectivity index (χ0n) is 10.4. The molecule has 2 bridgehead atoms. The minimum absolute atomic E-state index is 0.0417. The van der Waals surface area contributed by atoms with Gasteiger partial charge in [-0.2, -0.15) is 0 Å². The molecule has 3 nitrogen and oxygen atoms in total. The molecule has 3 aliphatic carbocycles. The van der Waals surface area contributed by atoms with Crippen LogP contribution in [-0.4, -0.2) is 24.3 Å². The standard InChI is InChI=1S/C14H20O3/c1-2-16-12-7-8-3-5-10-9-4-6-11(13(9)15)14(8,10)17-12/h8-12H,2-7H2,1H3. The lowest BCUT2D eigenvalue weighted by Crippen LogP contribution is -2.44. The van der Waals surface area contributed by atoms with Crippen molar-refractivity contribution in [2.45, 2.75) is 50.9 Å². The van der Waals surface area contributed by atoms with Gasteiger partial charge in [0.25, 0.3) is 0 Å². The molecular weight excluding hydrogens is 216 g/mol. The van der Waals surface area contributed by atoms with E-state index >= 15 is 0 Å². The maximum Gasteiger partial charge on any atom is 0.158 e. The molecule has 4 aliphatic rings. The molecule has 1 aliphatic heterocycles. The van der Waals surface area contributed by atoms with Crippen LogP contribution in [0.1, 0.15) is 39.0 Å². The van der Waals surface area contributed by atoms with E-state index in [0.29, 0.717) is 30.1 Å². The molecular formula is C14H20O3. The van der Waals surface area contributed by atoms with Crippen molar-refractivity contribution in [3.8, 4) is 0 Å². The molecule has 94 valence electrons. The highest BCUT2D eigenvalue weighted by atomic mass is 16.7. The van der Waals surface area contributed by atoms with E-state index in [0.717, 1.165) is 19.3 Å². The first-order valence-corrected chi connectivity index (χ1v) is 7.10. The lowest BCUT2D eigenvalue weighted by Gasteiger charge is -2.37. The predicted molar refractivity (Wildman–Crippen MR) is 61.3 cm³/mol. The average Bonchev–Trinajstić information content (AvgIpc) is 2.95. The van der Waals surface area contributed by atoms with Crippen molar-refractivity contribution in [3.63, 3.8) is 0 Å². The van der Waals surface area contributed by atoms with Gasteiger partial charge in [-0.25, -0.2) is 0 Å². The minimum atomic E-state index is -0.0974. The second kappa shape index (κ2) is 3.33. The predicted octanol–water partition coefficient (Wildman–Crippen LogP) is 2.14. The average molecular weight is 236 g/mol. The molecule has 6 unspecified atom stereocenters. The summed E-state index contributed by atoms with van der Waals surface area (Å²) in [7, 11) is 0. The Labute approximate surface area is 102 Å². The third-order valence-corrected chi connectivity index (χ3v) is 5.71. The monoisotopic (exact) mass is 236 g/mol. The van der Waals surface area contributed by atoms with Gasteiger partial charge in [0.05, 0.1) is 5.60 Å². The Bertz CT molecular complexity index is 366. The van der Waals surface area contributed by atoms with E-state index in [1.54, 1.807) is 0 Å². The molecule has 17 heavy (non-hydrogen) atoms. The molecule has 0 aromatic carbocycles. The van der Waals surface area contributed by atoms with Crippen LogP contribution in [0.4, 0.5) is 0 Å². The van der Waals surface area contributed by atoms with Crippen molar-refractivity contribution >= 4 is 5.78 Å². The number of ether oxygens (including phenoxy) is 2. The molecule has 0 aromatic heterocycles. The third kappa shape index (κ3) is 1.08. The Morgan fingerprint density at radius 2 is 2.24 bits per heavy atom. The summed E-state index contributed by atoms with van der Waals surface area (Å²) in [6, 6.07) is 0. The van der Waals surface area contributed by atoms with Gasteiger partial charge in [-0.3, -0.25) is 4.79 Å². The second-order valence-electron chi connectivity index (χ2n) is 6.11. The summed E-state index contributed by atoms with van der Waals surface area (Å²) in [5.74, 6) is 2.14. The van der Waals surface area contributed by atoms with Gasteiger partial charge in [-0.1, -0.05) is 0 Å². The molecule has 1 heterocycles. The van der Waals surface area contributed by atoms with Gasteiger partial charge in [0.15, 0.2) is 6.29 Å². The van der Waals surface area contributed by atoms with Gasteiger partial charge in [0.2, 0.25) is 0 Å². The number of Topliss-reactive ketones (excluding diaryl/α,β-unsaturated/α-hetero) is 1. The Balaban J connectivity index is 1.69. The van der Waals surface area contributed by atoms with Crippen LogP contribution in [0.3, 0.4) is 0 Å². The van der Waals surface area contributed by atoms with E-state index in [9.17, 15) is 4.79 Å². The van der Waals surface area contributed by atoms with Gasteiger partial charge in [0.1, 0.15) is 5.78 Å². The summed E-state index contributed by atoms with van der Waals surface area (Å²) in [5, 5.41) is 0. The van der Waals surface area contributed by atoms with Crippen LogP contribution in [0, 0.1) is 23.7 Å². The molecule has 3 heteroatoms. The van der Waals surface area contributed by atoms with Crippen molar-refractivity contribution < 1.29 is 14.3 Å². The topological polar surface area (TPSA) is 35.5 Å². The van der Waals surface area contributed by atoms with Crippen molar-refractivity contribution in [1.29, 1.82) is 0 Å². The first-order valence-electron chi connectivity index (χ1n) is 7.10. The van der Waals surface area contributed by atoms with Gasteiger partial charge in [-0.05, 0) is 44.4 Å². The van der Waals surface area contributed by atoms with Gasteiger partial charge in [0, 0.05) is 24.9 Å². The first kappa shape index (κ1) is 10.5. The number of ketones is 1. The third-order valence-electron chi connectivity index (χ3n) is 5.71. The number of fused-ring (bicyclic) bond motifs is 3. The molecule has 0 amide bonds. The second-order valence-corrected chi connectivity index (χ2v) is 6.11. The number of rotatable bonds is 2. The molecule has 4 rings (SSSR count). The van der Waals surface area contributed by atoms with E-state index in [2.05, 4.69) is 0 Å². The molecule has 0 aromatic rings. The first-order chi connectivity index (χ1) is 8.27. The van der Waals surface area contributed by atoms with E-state index < -0.39 is 0 Å². The Kier molecular flexibility index (Phi) is 2.06. The molecule has 1 spiro atoms. The SMILES string of the molecule is CCOC1CC2CCC3C4CCC(C4=O)C23O1. The van der Waals surface area contributed by atoms with Crippen LogP contribution in [0.2, 0.25) is 0 Å². The molecule has 3 saturated carbocycles. The normalized spacial score (nSPS) is 55.4. The van der Waals surface area contributed by atoms with Crippen LogP contribution in [0.25, 0.3) is 0 Å². The van der Waals surface area contributed by atoms with Crippen LogP contribution in [-0.2, 0) is 14.3 Å². The quantitative estimate of drug-likeness (QED) is 0.737. The number of carbonyl (C=O) groups is 1. The van der Waals surface area contributed by atoms with Crippen molar-refractivity contribution in [1.82, 2.24) is 0 Å². The Hall–Kier alpha value is -0.410. The molecule has 0 radical (unpaired) electrons. The minimum Gasteiger partial charge on any atom is -0.353 e. The number of carbonyl (C=O) groups excluding carboxylic acids is 1. The van der Waals surface area contributed by atoms with Crippen LogP contribution >= 0.6 is 0 Å². The summed E-state index contributed by atoms with van der Waals surface area (Å²) in [6.07, 6.45) is 5.60. The summed E-state index contributed by atoms with van der Waals surface area (Å²) < 4.78 is 12.0. The zero-order valence-corrected chi connectivity index (χ0v) is 10.4. The lowest BCUT2D eigenvalue weighted by molar-refractivity contribution is -0.195. The molecule has 1 saturated heterocycles. The lowest BCUT2D eigenvalue weighted by atomic mass is 9.74. The molecule has 6 atom stereocenters. The van der Waals surface area contributed by atoms with E-state index in [4.69, 9.17) is 9.47 Å². The highest BCUT2D eigenvalue weighted by molar-refractivity contribution is 5.90. The fourth-order valence-corrected chi connectivity index (χ4v) is 5.29. The van der Waals surface area contributed by atoms with E-state index in [-0.39, 0.29) is 17.8 Å². The maximum absolute atomic E-state index is 12.3. The smallest absolute Gasteiger partial charge is 0.158 e. The highest BCUT2D eigenvalue weighted by Gasteiger charge is 2.72. The number of hydrogen-bond acceptors (Lipinski definition) is 3. The number of hydrogen-bond donors (Lipinski definition) is 0. The largest absolute Gasteiger partial charge is 0.353 e. The van der Waals surface area contributed by atoms with E-state index in [1.165, 1.54) is 12.8 Å². The summed E-state index contributed by atoms with van der Waals surface area (Å²) in [5.41, 5.74) is -0.0974. The maximum atomic E-state index is 12.3. The van der Waals surface area contributed by atoms with Gasteiger partial charge in [-0.15, -0.1) is 0 Å².